The molecule has 3 fully saturated rings. The van der Waals surface area contributed by atoms with Crippen LogP contribution < -0.4 is 10.1 Å². The summed E-state index contributed by atoms with van der Waals surface area (Å²) in [6.45, 7) is 2.87. The van der Waals surface area contributed by atoms with Gasteiger partial charge in [-0.2, -0.15) is 0 Å². The molecular formula is C28H32ClF4N3O3. The number of benzene rings is 2. The van der Waals surface area contributed by atoms with Gasteiger partial charge in [-0.1, -0.05) is 23.7 Å². The molecule has 11 heteroatoms. The highest BCUT2D eigenvalue weighted by molar-refractivity contribution is 6.31. The van der Waals surface area contributed by atoms with Gasteiger partial charge in [0.15, 0.2) is 0 Å². The molecule has 0 unspecified atom stereocenters. The van der Waals surface area contributed by atoms with Crippen LogP contribution in [-0.4, -0.2) is 65.6 Å². The fraction of sp³-hybridized carbons (Fsp3) is 0.536. The van der Waals surface area contributed by atoms with Crippen LogP contribution in [-0.2, 0) is 5.41 Å². The summed E-state index contributed by atoms with van der Waals surface area (Å²) in [5, 5.41) is 12.5. The number of carbonyl (C=O) groups excluding carboxylic acids is 1. The Morgan fingerprint density at radius 1 is 1.21 bits per heavy atom. The van der Waals surface area contributed by atoms with Crippen molar-refractivity contribution < 1.29 is 32.2 Å². The summed E-state index contributed by atoms with van der Waals surface area (Å²) in [6, 6.07) is 9.80. The number of β-amino-alcohol motifs (C(OH)–C–C–N with tert-alkyl or cyclic N) is 1. The Labute approximate surface area is 229 Å². The van der Waals surface area contributed by atoms with Crippen molar-refractivity contribution in [3.8, 4) is 5.75 Å². The molecule has 0 bridgehead atoms. The van der Waals surface area contributed by atoms with Gasteiger partial charge in [-0.15, -0.1) is 13.2 Å². The van der Waals surface area contributed by atoms with Crippen molar-refractivity contribution in [1.29, 1.82) is 0 Å². The van der Waals surface area contributed by atoms with E-state index in [4.69, 9.17) is 11.6 Å². The van der Waals surface area contributed by atoms with Crippen LogP contribution in [0.5, 0.6) is 5.75 Å². The van der Waals surface area contributed by atoms with Gasteiger partial charge in [0.25, 0.3) is 0 Å². The maximum Gasteiger partial charge on any atom is 0.573 e. The van der Waals surface area contributed by atoms with E-state index < -0.39 is 12.2 Å². The average molecular weight is 570 g/mol. The summed E-state index contributed by atoms with van der Waals surface area (Å²) in [5.41, 5.74) is 0.911. The number of aliphatic hydroxyl groups is 1. The van der Waals surface area contributed by atoms with Gasteiger partial charge in [0, 0.05) is 36.8 Å². The van der Waals surface area contributed by atoms with Crippen molar-refractivity contribution in [2.24, 2.45) is 5.92 Å². The van der Waals surface area contributed by atoms with Gasteiger partial charge in [0.2, 0.25) is 0 Å². The molecule has 39 heavy (non-hydrogen) atoms. The van der Waals surface area contributed by atoms with Gasteiger partial charge in [-0.3, -0.25) is 0 Å². The number of alkyl halides is 3. The van der Waals surface area contributed by atoms with E-state index in [9.17, 15) is 27.5 Å². The number of hydrogen-bond acceptors (Lipinski definition) is 4. The van der Waals surface area contributed by atoms with E-state index in [-0.39, 0.29) is 40.3 Å². The zero-order chi connectivity index (χ0) is 27.8. The normalized spacial score (nSPS) is 26.4. The number of anilines is 1. The topological polar surface area (TPSA) is 65.0 Å². The second-order valence-electron chi connectivity index (χ2n) is 10.9. The second kappa shape index (κ2) is 11.1. The minimum Gasteiger partial charge on any atom is -0.406 e. The standard InChI is InChI=1S/C28H32ClF4N3O3/c29-23-15-19(6-7-24(23)30)34-26(38)36(12-2-1-11-35-13-9-20(37)17-35)25-8-10-27(16-22(25)27)18-4-3-5-21(14-18)39-28(31,32)33/h3-7,14-15,20,22,25,37H,1-2,8-13,16-17H2,(H,34,38)/t20-,22-,25-,27-/m1/s1. The molecule has 0 spiro atoms. The predicted octanol–water partition coefficient (Wildman–Crippen LogP) is 6.18. The minimum atomic E-state index is -4.76. The monoisotopic (exact) mass is 569 g/mol. The Kier molecular flexibility index (Phi) is 7.99. The van der Waals surface area contributed by atoms with Crippen molar-refractivity contribution in [2.45, 2.75) is 62.4 Å². The third kappa shape index (κ3) is 6.44. The van der Waals surface area contributed by atoms with Crippen LogP contribution in [0.3, 0.4) is 0 Å². The largest absolute Gasteiger partial charge is 0.573 e. The average Bonchev–Trinajstić information content (AvgIpc) is 3.27. The molecule has 2 aliphatic carbocycles. The van der Waals surface area contributed by atoms with Gasteiger partial charge in [0.1, 0.15) is 11.6 Å². The van der Waals surface area contributed by atoms with Crippen molar-refractivity contribution in [2.75, 3.05) is 31.5 Å². The SMILES string of the molecule is O=C(Nc1ccc(F)c(Cl)c1)N(CCCCN1CC[C@@H](O)C1)[C@@H]1CC[C@]2(c3cccc(OC(F)(F)F)c3)C[C@H]12. The fourth-order valence-electron chi connectivity index (χ4n) is 6.40. The number of nitrogens with one attached hydrogen (secondary N) is 1. The number of amides is 2. The lowest BCUT2D eigenvalue weighted by Crippen LogP contribution is -2.44. The molecule has 2 aromatic carbocycles. The van der Waals surface area contributed by atoms with Crippen LogP contribution in [0.15, 0.2) is 42.5 Å². The lowest BCUT2D eigenvalue weighted by atomic mass is 9.93. The molecule has 0 radical (unpaired) electrons. The first-order valence-corrected chi connectivity index (χ1v) is 13.7. The smallest absolute Gasteiger partial charge is 0.406 e. The van der Waals surface area contributed by atoms with E-state index in [0.29, 0.717) is 18.8 Å². The van der Waals surface area contributed by atoms with Gasteiger partial charge in [-0.05, 0) is 86.9 Å². The number of carbonyl (C=O) groups is 1. The van der Waals surface area contributed by atoms with Crippen LogP contribution >= 0.6 is 11.6 Å². The van der Waals surface area contributed by atoms with Crippen LogP contribution in [0.2, 0.25) is 5.02 Å². The number of urea groups is 1. The maximum atomic E-state index is 13.6. The third-order valence-corrected chi connectivity index (χ3v) is 8.62. The summed E-state index contributed by atoms with van der Waals surface area (Å²) < 4.78 is 56.1. The highest BCUT2D eigenvalue weighted by Gasteiger charge is 2.64. The summed E-state index contributed by atoms with van der Waals surface area (Å²) in [7, 11) is 0. The molecule has 2 saturated carbocycles. The Bertz CT molecular complexity index is 1200. The van der Waals surface area contributed by atoms with Gasteiger partial charge in [0.05, 0.1) is 11.1 Å². The molecule has 5 rings (SSSR count). The van der Waals surface area contributed by atoms with E-state index in [1.54, 1.807) is 6.07 Å². The van der Waals surface area contributed by atoms with Gasteiger partial charge in [-0.25, -0.2) is 9.18 Å². The number of hydrogen-bond donors (Lipinski definition) is 2. The summed E-state index contributed by atoms with van der Waals surface area (Å²) >= 11 is 5.90. The summed E-state index contributed by atoms with van der Waals surface area (Å²) in [5.74, 6) is -0.693. The van der Waals surface area contributed by atoms with Crippen molar-refractivity contribution in [3.63, 3.8) is 0 Å². The number of rotatable bonds is 9. The number of ether oxygens (including phenoxy) is 1. The van der Waals surface area contributed by atoms with E-state index in [1.165, 1.54) is 30.3 Å². The number of likely N-dealkylation sites (tertiary alicyclic amines) is 1. The highest BCUT2D eigenvalue weighted by Crippen LogP contribution is 2.65. The number of halogens is 5. The number of fused-ring (bicyclic) bond motifs is 1. The zero-order valence-electron chi connectivity index (χ0n) is 21.4. The fourth-order valence-corrected chi connectivity index (χ4v) is 6.58. The second-order valence-corrected chi connectivity index (χ2v) is 11.3. The first-order chi connectivity index (χ1) is 18.5. The van der Waals surface area contributed by atoms with Gasteiger partial charge >= 0.3 is 12.4 Å². The quantitative estimate of drug-likeness (QED) is 0.280. The number of unbranched alkanes of at least 4 members (excludes halogenated alkanes) is 1. The molecule has 2 N–H and O–H groups in total. The maximum absolute atomic E-state index is 13.6. The van der Waals surface area contributed by atoms with E-state index in [0.717, 1.165) is 57.2 Å². The molecule has 1 saturated heterocycles. The summed E-state index contributed by atoms with van der Waals surface area (Å²) in [4.78, 5) is 17.5. The van der Waals surface area contributed by atoms with Crippen molar-refractivity contribution in [1.82, 2.24) is 9.80 Å². The number of aliphatic hydroxyl groups excluding tert-OH is 1. The van der Waals surface area contributed by atoms with Crippen LogP contribution in [0.25, 0.3) is 0 Å². The zero-order valence-corrected chi connectivity index (χ0v) is 22.1. The molecule has 4 atom stereocenters. The molecule has 2 amide bonds. The van der Waals surface area contributed by atoms with Gasteiger partial charge < -0.3 is 25.0 Å². The first-order valence-electron chi connectivity index (χ1n) is 13.3. The van der Waals surface area contributed by atoms with Crippen molar-refractivity contribution in [3.05, 3.63) is 58.9 Å². The Balaban J connectivity index is 1.28. The predicted molar refractivity (Wildman–Crippen MR) is 139 cm³/mol. The third-order valence-electron chi connectivity index (χ3n) is 8.33. The number of nitrogens with zero attached hydrogens (tertiary/aromatic N) is 2. The Morgan fingerprint density at radius 3 is 2.72 bits per heavy atom. The van der Waals surface area contributed by atoms with Crippen LogP contribution in [0.4, 0.5) is 28.0 Å². The van der Waals surface area contributed by atoms with Crippen LogP contribution in [0.1, 0.15) is 44.1 Å². The Morgan fingerprint density at radius 2 is 2.03 bits per heavy atom. The molecule has 1 aliphatic heterocycles. The van der Waals surface area contributed by atoms with E-state index in [1.807, 2.05) is 11.0 Å². The molecule has 212 valence electrons. The van der Waals surface area contributed by atoms with E-state index >= 15 is 0 Å². The lowest BCUT2D eigenvalue weighted by molar-refractivity contribution is -0.274. The molecular weight excluding hydrogens is 538 g/mol. The van der Waals surface area contributed by atoms with Crippen LogP contribution in [0, 0.1) is 11.7 Å². The van der Waals surface area contributed by atoms with Crippen molar-refractivity contribution >= 4 is 23.3 Å². The lowest BCUT2D eigenvalue weighted by Gasteiger charge is -2.31. The molecule has 2 aromatic rings. The molecule has 6 nitrogen and oxygen atoms in total. The highest BCUT2D eigenvalue weighted by atomic mass is 35.5. The molecule has 0 aromatic heterocycles. The molecule has 3 aliphatic rings. The Hall–Kier alpha value is -2.56. The minimum absolute atomic E-state index is 0.0817. The molecule has 1 heterocycles. The van der Waals surface area contributed by atoms with E-state index in [2.05, 4.69) is 15.0 Å². The summed E-state index contributed by atoms with van der Waals surface area (Å²) in [6.07, 6.45) is -0.381. The first kappa shape index (κ1) is 28.0.